The van der Waals surface area contributed by atoms with Crippen LogP contribution in [0.1, 0.15) is 16.7 Å². The maximum atomic E-state index is 11.8. The van der Waals surface area contributed by atoms with Crippen molar-refractivity contribution in [3.63, 3.8) is 0 Å². The van der Waals surface area contributed by atoms with E-state index in [-0.39, 0.29) is 12.5 Å². The Hall–Kier alpha value is -3.31. The largest absolute Gasteiger partial charge is 0.489 e. The monoisotopic (exact) mass is 408 g/mol. The lowest BCUT2D eigenvalue weighted by atomic mass is 10.2. The summed E-state index contributed by atoms with van der Waals surface area (Å²) in [7, 11) is 0. The molecule has 0 aliphatic carbocycles. The minimum absolute atomic E-state index is 0.184. The second-order valence-electron chi connectivity index (χ2n) is 6.41. The second-order valence-corrected chi connectivity index (χ2v) is 6.84. The summed E-state index contributed by atoms with van der Waals surface area (Å²) in [4.78, 5) is 16.8. The maximum Gasteiger partial charge on any atom is 0.265 e. The molecule has 3 aromatic rings. The van der Waals surface area contributed by atoms with Gasteiger partial charge in [-0.25, -0.2) is 0 Å². The van der Waals surface area contributed by atoms with Crippen LogP contribution in [0.15, 0.2) is 78.0 Å². The molecule has 0 atom stereocenters. The van der Waals surface area contributed by atoms with Crippen molar-refractivity contribution in [2.24, 2.45) is 5.16 Å². The molecule has 0 bridgehead atoms. The highest BCUT2D eigenvalue weighted by Gasteiger charge is 2.02. The van der Waals surface area contributed by atoms with Crippen molar-refractivity contribution in [3.8, 4) is 5.75 Å². The summed E-state index contributed by atoms with van der Waals surface area (Å²) >= 11 is 5.80. The summed E-state index contributed by atoms with van der Waals surface area (Å²) in [5, 5.41) is 7.12. The zero-order valence-corrected chi connectivity index (χ0v) is 16.7. The lowest BCUT2D eigenvalue weighted by molar-refractivity contribution is -0.120. The van der Waals surface area contributed by atoms with Crippen LogP contribution >= 0.6 is 11.6 Å². The Labute approximate surface area is 174 Å². The second kappa shape index (κ2) is 10.3. The first-order valence-corrected chi connectivity index (χ1v) is 9.45. The molecule has 1 N–H and O–H groups in total. The fourth-order valence-corrected chi connectivity index (χ4v) is 2.55. The van der Waals surface area contributed by atoms with E-state index in [4.69, 9.17) is 21.2 Å². The molecule has 0 heterocycles. The van der Waals surface area contributed by atoms with Crippen LogP contribution < -0.4 is 10.1 Å². The predicted octanol–water partition coefficient (Wildman–Crippen LogP) is 5.22. The van der Waals surface area contributed by atoms with Crippen molar-refractivity contribution in [1.29, 1.82) is 0 Å². The lowest BCUT2D eigenvalue weighted by Gasteiger charge is -2.07. The Morgan fingerprint density at radius 2 is 1.69 bits per heavy atom. The van der Waals surface area contributed by atoms with Gasteiger partial charge in [-0.2, -0.15) is 0 Å². The van der Waals surface area contributed by atoms with E-state index in [2.05, 4.69) is 41.7 Å². The average molecular weight is 409 g/mol. The first-order valence-electron chi connectivity index (χ1n) is 9.08. The van der Waals surface area contributed by atoms with Gasteiger partial charge in [0, 0.05) is 10.7 Å². The van der Waals surface area contributed by atoms with E-state index in [0.717, 1.165) is 16.9 Å². The highest BCUT2D eigenvalue weighted by molar-refractivity contribution is 6.30. The molecule has 0 aliphatic heterocycles. The SMILES string of the molecule is Cc1ccc(COc2ccc(/C=N/OCC(=O)Nc3ccc(Cl)cc3)cc2)cc1. The number of anilines is 1. The first-order chi connectivity index (χ1) is 14.1. The number of amides is 1. The molecule has 6 heteroatoms. The third-order valence-corrected chi connectivity index (χ3v) is 4.26. The van der Waals surface area contributed by atoms with Crippen LogP contribution in [0.25, 0.3) is 0 Å². The molecule has 0 saturated carbocycles. The van der Waals surface area contributed by atoms with E-state index in [0.29, 0.717) is 17.3 Å². The van der Waals surface area contributed by atoms with Crippen molar-refractivity contribution >= 4 is 29.4 Å². The molecule has 0 aromatic heterocycles. The Morgan fingerprint density at radius 1 is 1.00 bits per heavy atom. The number of halogens is 1. The quantitative estimate of drug-likeness (QED) is 0.410. The zero-order valence-electron chi connectivity index (χ0n) is 16.0. The van der Waals surface area contributed by atoms with Crippen LogP contribution in [0.5, 0.6) is 5.75 Å². The van der Waals surface area contributed by atoms with Gasteiger partial charge in [0.25, 0.3) is 5.91 Å². The average Bonchev–Trinajstić information content (AvgIpc) is 2.73. The molecule has 3 rings (SSSR count). The summed E-state index contributed by atoms with van der Waals surface area (Å²) in [5.74, 6) is 0.468. The number of nitrogens with zero attached hydrogens (tertiary/aromatic N) is 1. The number of hydrogen-bond acceptors (Lipinski definition) is 4. The van der Waals surface area contributed by atoms with Gasteiger partial charge in [0.1, 0.15) is 12.4 Å². The number of carbonyl (C=O) groups excluding carboxylic acids is 1. The first kappa shape index (κ1) is 20.4. The molecule has 0 saturated heterocycles. The Bertz CT molecular complexity index is 953. The summed E-state index contributed by atoms with van der Waals surface area (Å²) < 4.78 is 5.77. The van der Waals surface area contributed by atoms with Gasteiger partial charge in [0.15, 0.2) is 6.61 Å². The van der Waals surface area contributed by atoms with E-state index in [9.17, 15) is 4.79 Å². The molecular formula is C23H21ClN2O3. The van der Waals surface area contributed by atoms with Gasteiger partial charge in [-0.15, -0.1) is 0 Å². The third kappa shape index (κ3) is 6.97. The molecule has 1 amide bonds. The van der Waals surface area contributed by atoms with Crippen LogP contribution in [0.4, 0.5) is 5.69 Å². The molecule has 0 radical (unpaired) electrons. The van der Waals surface area contributed by atoms with Gasteiger partial charge in [0.2, 0.25) is 0 Å². The summed E-state index contributed by atoms with van der Waals surface area (Å²) in [6.07, 6.45) is 1.54. The van der Waals surface area contributed by atoms with Gasteiger partial charge < -0.3 is 14.9 Å². The van der Waals surface area contributed by atoms with E-state index in [1.54, 1.807) is 30.5 Å². The van der Waals surface area contributed by atoms with E-state index in [1.807, 2.05) is 24.3 Å². The van der Waals surface area contributed by atoms with Crippen LogP contribution in [0, 0.1) is 6.92 Å². The highest BCUT2D eigenvalue weighted by atomic mass is 35.5. The third-order valence-electron chi connectivity index (χ3n) is 4.01. The fourth-order valence-electron chi connectivity index (χ4n) is 2.43. The fraction of sp³-hybridized carbons (Fsp3) is 0.130. The van der Waals surface area contributed by atoms with Crippen LogP contribution in [-0.4, -0.2) is 18.7 Å². The minimum atomic E-state index is -0.302. The Kier molecular flexibility index (Phi) is 7.25. The zero-order chi connectivity index (χ0) is 20.5. The molecule has 3 aromatic carbocycles. The Morgan fingerprint density at radius 3 is 2.38 bits per heavy atom. The summed E-state index contributed by atoms with van der Waals surface area (Å²) in [5.41, 5.74) is 3.83. The summed E-state index contributed by atoms with van der Waals surface area (Å²) in [6, 6.07) is 22.5. The topological polar surface area (TPSA) is 59.9 Å². The normalized spacial score (nSPS) is 10.7. The Balaban J connectivity index is 1.40. The van der Waals surface area contributed by atoms with Crippen molar-refractivity contribution in [2.45, 2.75) is 13.5 Å². The van der Waals surface area contributed by atoms with Crippen molar-refractivity contribution in [1.82, 2.24) is 0 Å². The maximum absolute atomic E-state index is 11.8. The molecule has 0 unspecified atom stereocenters. The number of nitrogens with one attached hydrogen (secondary N) is 1. The van der Waals surface area contributed by atoms with Crippen molar-refractivity contribution < 1.29 is 14.4 Å². The highest BCUT2D eigenvalue weighted by Crippen LogP contribution is 2.15. The number of ether oxygens (including phenoxy) is 1. The predicted molar refractivity (Wildman–Crippen MR) is 116 cm³/mol. The van der Waals surface area contributed by atoms with Gasteiger partial charge >= 0.3 is 0 Å². The van der Waals surface area contributed by atoms with E-state index in [1.165, 1.54) is 5.56 Å². The molecule has 29 heavy (non-hydrogen) atoms. The number of benzene rings is 3. The number of aryl methyl sites for hydroxylation is 1. The van der Waals surface area contributed by atoms with Crippen LogP contribution in [0.2, 0.25) is 5.02 Å². The molecule has 0 fully saturated rings. The van der Waals surface area contributed by atoms with Gasteiger partial charge in [-0.3, -0.25) is 4.79 Å². The smallest absolute Gasteiger partial charge is 0.265 e. The number of hydrogen-bond donors (Lipinski definition) is 1. The number of oxime groups is 1. The van der Waals surface area contributed by atoms with Gasteiger partial charge in [0.05, 0.1) is 6.21 Å². The van der Waals surface area contributed by atoms with Crippen molar-refractivity contribution in [2.75, 3.05) is 11.9 Å². The standard InChI is InChI=1S/C23H21ClN2O3/c1-17-2-4-19(5-3-17)15-28-22-12-6-18(7-13-22)14-25-29-16-23(27)26-21-10-8-20(24)9-11-21/h2-14H,15-16H2,1H3,(H,26,27)/b25-14+. The molecule has 148 valence electrons. The van der Waals surface area contributed by atoms with E-state index < -0.39 is 0 Å². The molecular weight excluding hydrogens is 388 g/mol. The molecule has 0 spiro atoms. The van der Waals surface area contributed by atoms with Gasteiger partial charge in [-0.05, 0) is 66.6 Å². The van der Waals surface area contributed by atoms with Crippen LogP contribution in [0.3, 0.4) is 0 Å². The lowest BCUT2D eigenvalue weighted by Crippen LogP contribution is -2.16. The van der Waals surface area contributed by atoms with Crippen LogP contribution in [-0.2, 0) is 16.2 Å². The minimum Gasteiger partial charge on any atom is -0.489 e. The van der Waals surface area contributed by atoms with Crippen molar-refractivity contribution in [3.05, 3.63) is 94.5 Å². The molecule has 0 aliphatic rings. The molecule has 5 nitrogen and oxygen atoms in total. The summed E-state index contributed by atoms with van der Waals surface area (Å²) in [6.45, 7) is 2.39. The number of rotatable bonds is 8. The van der Waals surface area contributed by atoms with E-state index >= 15 is 0 Å². The number of carbonyl (C=O) groups is 1. The van der Waals surface area contributed by atoms with Gasteiger partial charge in [-0.1, -0.05) is 46.6 Å².